The Morgan fingerprint density at radius 2 is 2.42 bits per heavy atom. The first-order valence-electron chi connectivity index (χ1n) is 6.59. The maximum atomic E-state index is 11.6. The number of nitrogens with zero attached hydrogens (tertiary/aromatic N) is 1. The van der Waals surface area contributed by atoms with E-state index in [0.29, 0.717) is 11.7 Å². The van der Waals surface area contributed by atoms with Gasteiger partial charge in [0.1, 0.15) is 11.6 Å². The molecule has 0 aromatic carbocycles. The fourth-order valence-corrected chi connectivity index (χ4v) is 2.85. The summed E-state index contributed by atoms with van der Waals surface area (Å²) >= 11 is 1.71. The van der Waals surface area contributed by atoms with Gasteiger partial charge < -0.3 is 10.3 Å². The van der Waals surface area contributed by atoms with Crippen molar-refractivity contribution < 1.29 is 0 Å². The third-order valence-corrected chi connectivity index (χ3v) is 3.97. The molecule has 2 heterocycles. The van der Waals surface area contributed by atoms with Crippen LogP contribution in [-0.2, 0) is 6.42 Å². The van der Waals surface area contributed by atoms with Gasteiger partial charge in [0.25, 0.3) is 5.56 Å². The second-order valence-corrected chi connectivity index (χ2v) is 5.95. The molecule has 19 heavy (non-hydrogen) atoms. The summed E-state index contributed by atoms with van der Waals surface area (Å²) in [5, 5.41) is 7.55. The van der Waals surface area contributed by atoms with E-state index in [0.717, 1.165) is 25.1 Å². The van der Waals surface area contributed by atoms with Gasteiger partial charge in [-0.15, -0.1) is 0 Å². The molecule has 2 aromatic rings. The number of H-pyrrole nitrogens is 1. The van der Waals surface area contributed by atoms with Gasteiger partial charge in [0, 0.05) is 18.0 Å². The van der Waals surface area contributed by atoms with Gasteiger partial charge in [-0.05, 0) is 48.6 Å². The zero-order chi connectivity index (χ0) is 13.2. The minimum Gasteiger partial charge on any atom is -0.367 e. The molecule has 0 radical (unpaired) electrons. The summed E-state index contributed by atoms with van der Waals surface area (Å²) in [7, 11) is 0. The van der Waals surface area contributed by atoms with Gasteiger partial charge >= 0.3 is 0 Å². The third kappa shape index (κ3) is 3.23. The molecule has 100 valence electrons. The molecule has 1 atom stereocenters. The largest absolute Gasteiger partial charge is 0.367 e. The Morgan fingerprint density at radius 1 is 1.58 bits per heavy atom. The van der Waals surface area contributed by atoms with Crippen molar-refractivity contribution in [3.05, 3.63) is 44.6 Å². The molecule has 0 amide bonds. The van der Waals surface area contributed by atoms with E-state index in [4.69, 9.17) is 0 Å². The van der Waals surface area contributed by atoms with Gasteiger partial charge in [0.2, 0.25) is 0 Å². The Hall–Kier alpha value is -1.62. The Balaban J connectivity index is 1.70. The highest BCUT2D eigenvalue weighted by Crippen LogP contribution is 2.37. The third-order valence-electron chi connectivity index (χ3n) is 3.24. The van der Waals surface area contributed by atoms with Crippen molar-refractivity contribution in [1.29, 1.82) is 0 Å². The number of aromatic nitrogens is 2. The molecule has 0 aliphatic heterocycles. The molecule has 2 N–H and O–H groups in total. The smallest absolute Gasteiger partial charge is 0.252 e. The van der Waals surface area contributed by atoms with Crippen LogP contribution in [0.3, 0.4) is 0 Å². The lowest BCUT2D eigenvalue weighted by atomic mass is 10.1. The van der Waals surface area contributed by atoms with Crippen LogP contribution >= 0.6 is 11.3 Å². The predicted octanol–water partition coefficient (Wildman–Crippen LogP) is 2.75. The molecule has 0 saturated heterocycles. The second-order valence-electron chi connectivity index (χ2n) is 5.17. The van der Waals surface area contributed by atoms with Crippen molar-refractivity contribution in [1.82, 2.24) is 9.97 Å². The average molecular weight is 275 g/mol. The van der Waals surface area contributed by atoms with Crippen molar-refractivity contribution in [3.63, 3.8) is 0 Å². The second kappa shape index (κ2) is 5.17. The van der Waals surface area contributed by atoms with Crippen molar-refractivity contribution in [2.45, 2.75) is 38.1 Å². The highest BCUT2D eigenvalue weighted by Gasteiger charge is 2.26. The van der Waals surface area contributed by atoms with Crippen LogP contribution in [-0.4, -0.2) is 16.0 Å². The predicted molar refractivity (Wildman–Crippen MR) is 77.9 cm³/mol. The highest BCUT2D eigenvalue weighted by atomic mass is 32.1. The topological polar surface area (TPSA) is 57.8 Å². The molecule has 2 aromatic heterocycles. The standard InChI is InChI=1S/C14H17N3OS/c1-9(6-10-4-5-19-8-10)15-12-7-13(18)17-14(16-12)11-2-3-11/h4-5,7-9,11H,2-3,6H2,1H3,(H2,15,16,17,18). The Labute approximate surface area is 115 Å². The molecular weight excluding hydrogens is 258 g/mol. The summed E-state index contributed by atoms with van der Waals surface area (Å²) in [6, 6.07) is 3.93. The lowest BCUT2D eigenvalue weighted by molar-refractivity contribution is 0.779. The van der Waals surface area contributed by atoms with E-state index in [9.17, 15) is 4.79 Å². The monoisotopic (exact) mass is 275 g/mol. The average Bonchev–Trinajstić information content (AvgIpc) is 3.08. The molecule has 1 aliphatic rings. The van der Waals surface area contributed by atoms with Gasteiger partial charge in [0.05, 0.1) is 0 Å². The van der Waals surface area contributed by atoms with E-state index in [-0.39, 0.29) is 11.6 Å². The van der Waals surface area contributed by atoms with E-state index in [1.807, 2.05) is 0 Å². The van der Waals surface area contributed by atoms with E-state index in [1.54, 1.807) is 11.3 Å². The normalized spacial score (nSPS) is 16.3. The minimum atomic E-state index is -0.0675. The lowest BCUT2D eigenvalue weighted by Gasteiger charge is -2.14. The number of anilines is 1. The zero-order valence-electron chi connectivity index (χ0n) is 10.8. The molecule has 3 rings (SSSR count). The van der Waals surface area contributed by atoms with Crippen LogP contribution in [0.15, 0.2) is 27.7 Å². The molecular formula is C14H17N3OS. The lowest BCUT2D eigenvalue weighted by Crippen LogP contribution is -2.21. The molecule has 1 saturated carbocycles. The van der Waals surface area contributed by atoms with Gasteiger partial charge in [-0.2, -0.15) is 11.3 Å². The van der Waals surface area contributed by atoms with Crippen molar-refractivity contribution in [2.24, 2.45) is 0 Å². The molecule has 1 fully saturated rings. The van der Waals surface area contributed by atoms with Gasteiger partial charge in [-0.25, -0.2) is 4.98 Å². The molecule has 1 unspecified atom stereocenters. The summed E-state index contributed by atoms with van der Waals surface area (Å²) < 4.78 is 0. The van der Waals surface area contributed by atoms with Crippen molar-refractivity contribution in [2.75, 3.05) is 5.32 Å². The Bertz CT molecular complexity index is 601. The molecule has 1 aliphatic carbocycles. The zero-order valence-corrected chi connectivity index (χ0v) is 11.7. The van der Waals surface area contributed by atoms with Gasteiger partial charge in [-0.3, -0.25) is 4.79 Å². The molecule has 4 nitrogen and oxygen atoms in total. The number of rotatable bonds is 5. The summed E-state index contributed by atoms with van der Waals surface area (Å²) in [4.78, 5) is 18.9. The first kappa shape index (κ1) is 12.4. The van der Waals surface area contributed by atoms with Crippen LogP contribution in [0.5, 0.6) is 0 Å². The number of hydrogen-bond acceptors (Lipinski definition) is 4. The quantitative estimate of drug-likeness (QED) is 0.882. The van der Waals surface area contributed by atoms with Crippen molar-refractivity contribution in [3.8, 4) is 0 Å². The maximum absolute atomic E-state index is 11.6. The summed E-state index contributed by atoms with van der Waals surface area (Å²) in [6.45, 7) is 2.11. The van der Waals surface area contributed by atoms with Gasteiger partial charge in [-0.1, -0.05) is 0 Å². The number of aromatic amines is 1. The van der Waals surface area contributed by atoms with E-state index in [1.165, 1.54) is 11.6 Å². The molecule has 0 bridgehead atoms. The van der Waals surface area contributed by atoms with Crippen LogP contribution < -0.4 is 10.9 Å². The van der Waals surface area contributed by atoms with E-state index in [2.05, 4.69) is 39.0 Å². The Kier molecular flexibility index (Phi) is 3.38. The Morgan fingerprint density at radius 3 is 3.11 bits per heavy atom. The van der Waals surface area contributed by atoms with Crippen LogP contribution in [0.1, 0.15) is 37.1 Å². The number of hydrogen-bond donors (Lipinski definition) is 2. The summed E-state index contributed by atoms with van der Waals surface area (Å²) in [5.41, 5.74) is 1.25. The fraction of sp³-hybridized carbons (Fsp3) is 0.429. The molecule has 5 heteroatoms. The summed E-state index contributed by atoms with van der Waals surface area (Å²) in [6.07, 6.45) is 3.21. The number of nitrogens with one attached hydrogen (secondary N) is 2. The fourth-order valence-electron chi connectivity index (χ4n) is 2.17. The molecule has 0 spiro atoms. The SMILES string of the molecule is CC(Cc1ccsc1)Nc1cc(=O)[nH]c(C2CC2)n1. The van der Waals surface area contributed by atoms with Crippen molar-refractivity contribution >= 4 is 17.2 Å². The first-order valence-corrected chi connectivity index (χ1v) is 7.54. The van der Waals surface area contributed by atoms with E-state index < -0.39 is 0 Å². The minimum absolute atomic E-state index is 0.0675. The summed E-state index contributed by atoms with van der Waals surface area (Å²) in [5.74, 6) is 1.98. The van der Waals surface area contributed by atoms with Crippen LogP contribution in [0.4, 0.5) is 5.82 Å². The maximum Gasteiger partial charge on any atom is 0.252 e. The van der Waals surface area contributed by atoms with E-state index >= 15 is 0 Å². The van der Waals surface area contributed by atoms with Crippen LogP contribution in [0, 0.1) is 0 Å². The number of thiophene rings is 1. The van der Waals surface area contributed by atoms with Gasteiger partial charge in [0.15, 0.2) is 0 Å². The first-order chi connectivity index (χ1) is 9.20. The highest BCUT2D eigenvalue weighted by molar-refractivity contribution is 7.07. The van der Waals surface area contributed by atoms with Crippen LogP contribution in [0.2, 0.25) is 0 Å². The van der Waals surface area contributed by atoms with Crippen LogP contribution in [0.25, 0.3) is 0 Å².